The molecule has 0 fully saturated rings. The zero-order chi connectivity index (χ0) is 17.3. The lowest BCUT2D eigenvalue weighted by Gasteiger charge is -2.26. The fourth-order valence-corrected chi connectivity index (χ4v) is 8.36. The fourth-order valence-electron chi connectivity index (χ4n) is 3.27. The molecule has 1 aromatic carbocycles. The lowest BCUT2D eigenvalue weighted by molar-refractivity contribution is 0.192. The molecule has 132 valence electrons. The fraction of sp³-hybridized carbons (Fsp3) is 0.700. The van der Waals surface area contributed by atoms with Crippen molar-refractivity contribution in [3.63, 3.8) is 0 Å². The molecule has 23 heavy (non-hydrogen) atoms. The third kappa shape index (κ3) is 6.94. The maximum absolute atomic E-state index is 5.15. The van der Waals surface area contributed by atoms with Gasteiger partial charge in [0.05, 0.1) is 16.1 Å². The van der Waals surface area contributed by atoms with Crippen molar-refractivity contribution in [2.75, 3.05) is 13.7 Å². The summed E-state index contributed by atoms with van der Waals surface area (Å²) in [5.41, 5.74) is 0. The van der Waals surface area contributed by atoms with Gasteiger partial charge in [-0.2, -0.15) is 0 Å². The number of ether oxygens (including phenoxy) is 1. The van der Waals surface area contributed by atoms with Gasteiger partial charge in [-0.3, -0.25) is 0 Å². The summed E-state index contributed by atoms with van der Waals surface area (Å²) in [6.07, 6.45) is 6.55. The van der Waals surface area contributed by atoms with Crippen LogP contribution in [0.5, 0.6) is 0 Å². The van der Waals surface area contributed by atoms with E-state index in [4.69, 9.17) is 4.74 Å². The van der Waals surface area contributed by atoms with Crippen molar-refractivity contribution in [3.05, 3.63) is 24.3 Å². The number of hydrogen-bond acceptors (Lipinski definition) is 1. The summed E-state index contributed by atoms with van der Waals surface area (Å²) >= 11 is 0. The van der Waals surface area contributed by atoms with E-state index in [2.05, 4.69) is 57.4 Å². The Morgan fingerprint density at radius 2 is 1.22 bits per heavy atom. The molecule has 0 bridgehead atoms. The first-order valence-corrected chi connectivity index (χ1v) is 15.8. The molecule has 1 rings (SSSR count). The van der Waals surface area contributed by atoms with Crippen LogP contribution in [0.15, 0.2) is 24.3 Å². The van der Waals surface area contributed by atoms with Gasteiger partial charge in [-0.25, -0.2) is 0 Å². The zero-order valence-corrected chi connectivity index (χ0v) is 18.4. The summed E-state index contributed by atoms with van der Waals surface area (Å²) in [5.74, 6) is 0. The average molecular weight is 351 g/mol. The second-order valence-corrected chi connectivity index (χ2v) is 17.9. The standard InChI is InChI=1S/C20H38OSi2/c1-7-8-17-22(3,4)19-12-14-20(15-13-19)23(5,6)18-11-9-10-16-21-2/h12-15H,7-11,16-18H2,1-6H3. The zero-order valence-electron chi connectivity index (χ0n) is 16.4. The molecule has 1 nitrogen and oxygen atoms in total. The minimum atomic E-state index is -1.27. The normalized spacial score (nSPS) is 12.6. The van der Waals surface area contributed by atoms with Crippen LogP contribution in [0.3, 0.4) is 0 Å². The molecule has 0 aromatic heterocycles. The van der Waals surface area contributed by atoms with E-state index in [1.54, 1.807) is 17.5 Å². The van der Waals surface area contributed by atoms with E-state index in [9.17, 15) is 0 Å². The molecule has 0 saturated heterocycles. The second-order valence-electron chi connectivity index (χ2n) is 8.25. The molecule has 0 aliphatic carbocycles. The van der Waals surface area contributed by atoms with Crippen molar-refractivity contribution in [1.29, 1.82) is 0 Å². The Labute approximate surface area is 146 Å². The van der Waals surface area contributed by atoms with Gasteiger partial charge in [0.2, 0.25) is 0 Å². The van der Waals surface area contributed by atoms with E-state index in [0.717, 1.165) is 6.61 Å². The summed E-state index contributed by atoms with van der Waals surface area (Å²) in [4.78, 5) is 0. The molecule has 3 heteroatoms. The van der Waals surface area contributed by atoms with Crippen molar-refractivity contribution < 1.29 is 4.74 Å². The van der Waals surface area contributed by atoms with Gasteiger partial charge in [-0.15, -0.1) is 0 Å². The summed E-state index contributed by atoms with van der Waals surface area (Å²) in [6.45, 7) is 13.3. The van der Waals surface area contributed by atoms with E-state index >= 15 is 0 Å². The van der Waals surface area contributed by atoms with Gasteiger partial charge in [0.25, 0.3) is 0 Å². The molecule has 1 aromatic rings. The topological polar surface area (TPSA) is 9.23 Å². The second kappa shape index (κ2) is 9.80. The van der Waals surface area contributed by atoms with Gasteiger partial charge in [0, 0.05) is 13.7 Å². The Hall–Kier alpha value is -0.386. The first kappa shape index (κ1) is 20.7. The Kier molecular flexibility index (Phi) is 8.80. The van der Waals surface area contributed by atoms with Crippen LogP contribution in [0, 0.1) is 0 Å². The van der Waals surface area contributed by atoms with Gasteiger partial charge in [0.1, 0.15) is 0 Å². The molecule has 0 aliphatic heterocycles. The van der Waals surface area contributed by atoms with E-state index in [0.29, 0.717) is 0 Å². The van der Waals surface area contributed by atoms with E-state index in [-0.39, 0.29) is 0 Å². The Morgan fingerprint density at radius 1 is 0.739 bits per heavy atom. The average Bonchev–Trinajstić information content (AvgIpc) is 2.53. The highest BCUT2D eigenvalue weighted by molar-refractivity contribution is 6.91. The highest BCUT2D eigenvalue weighted by atomic mass is 28.3. The molecule has 0 amide bonds. The Balaban J connectivity index is 2.63. The molecule has 0 spiro atoms. The van der Waals surface area contributed by atoms with Gasteiger partial charge in [0.15, 0.2) is 0 Å². The van der Waals surface area contributed by atoms with Crippen LogP contribution in [0.25, 0.3) is 0 Å². The Bertz CT molecular complexity index is 437. The van der Waals surface area contributed by atoms with Crippen LogP contribution in [-0.4, -0.2) is 29.9 Å². The van der Waals surface area contributed by atoms with E-state index < -0.39 is 16.1 Å². The van der Waals surface area contributed by atoms with Crippen LogP contribution in [-0.2, 0) is 4.74 Å². The van der Waals surface area contributed by atoms with Crippen molar-refractivity contribution in [1.82, 2.24) is 0 Å². The molecule has 0 radical (unpaired) electrons. The monoisotopic (exact) mass is 350 g/mol. The number of hydrogen-bond donors (Lipinski definition) is 0. The summed E-state index contributed by atoms with van der Waals surface area (Å²) in [5, 5.41) is 3.27. The van der Waals surface area contributed by atoms with Crippen LogP contribution < -0.4 is 10.4 Å². The predicted octanol–water partition coefficient (Wildman–Crippen LogP) is 5.13. The molecule has 0 saturated carbocycles. The molecule has 0 unspecified atom stereocenters. The number of unbranched alkanes of at least 4 members (excludes halogenated alkanes) is 3. The highest BCUT2D eigenvalue weighted by Crippen LogP contribution is 2.17. The van der Waals surface area contributed by atoms with Crippen molar-refractivity contribution in [2.24, 2.45) is 0 Å². The van der Waals surface area contributed by atoms with Gasteiger partial charge < -0.3 is 4.74 Å². The highest BCUT2D eigenvalue weighted by Gasteiger charge is 2.25. The summed E-state index contributed by atoms with van der Waals surface area (Å²) in [6, 6.07) is 12.6. The maximum atomic E-state index is 5.15. The van der Waals surface area contributed by atoms with Crippen molar-refractivity contribution >= 4 is 26.5 Å². The number of rotatable bonds is 11. The van der Waals surface area contributed by atoms with Crippen molar-refractivity contribution in [3.8, 4) is 0 Å². The molecular weight excluding hydrogens is 312 g/mol. The maximum Gasteiger partial charge on any atom is 0.0806 e. The van der Waals surface area contributed by atoms with Crippen LogP contribution in [0.1, 0.15) is 39.0 Å². The molecule has 0 N–H and O–H groups in total. The van der Waals surface area contributed by atoms with Gasteiger partial charge >= 0.3 is 0 Å². The lowest BCUT2D eigenvalue weighted by atomic mass is 10.3. The number of methoxy groups -OCH3 is 1. The minimum Gasteiger partial charge on any atom is -0.385 e. The first-order chi connectivity index (χ1) is 10.8. The Morgan fingerprint density at radius 3 is 1.65 bits per heavy atom. The first-order valence-electron chi connectivity index (χ1n) is 9.43. The summed E-state index contributed by atoms with van der Waals surface area (Å²) in [7, 11) is -0.696. The van der Waals surface area contributed by atoms with E-state index in [1.807, 2.05) is 0 Å². The third-order valence-corrected chi connectivity index (χ3v) is 12.3. The molecule has 0 atom stereocenters. The largest absolute Gasteiger partial charge is 0.385 e. The van der Waals surface area contributed by atoms with Crippen LogP contribution in [0.4, 0.5) is 0 Å². The van der Waals surface area contributed by atoms with Crippen molar-refractivity contribution in [2.45, 2.75) is 77.3 Å². The van der Waals surface area contributed by atoms with Gasteiger partial charge in [-0.1, -0.05) is 106 Å². The summed E-state index contributed by atoms with van der Waals surface area (Å²) < 4.78 is 5.15. The van der Waals surface area contributed by atoms with Gasteiger partial charge in [-0.05, 0) is 6.42 Å². The van der Waals surface area contributed by atoms with Crippen LogP contribution in [0.2, 0.25) is 38.3 Å². The molecule has 0 aliphatic rings. The minimum absolute atomic E-state index is 0.911. The third-order valence-electron chi connectivity index (χ3n) is 5.25. The molecular formula is C20H38OSi2. The predicted molar refractivity (Wildman–Crippen MR) is 111 cm³/mol. The van der Waals surface area contributed by atoms with Crippen LogP contribution >= 0.6 is 0 Å². The molecule has 0 heterocycles. The lowest BCUT2D eigenvalue weighted by Crippen LogP contribution is -2.45. The quantitative estimate of drug-likeness (QED) is 0.397. The SMILES string of the molecule is CCCC[Si](C)(C)c1ccc([Si](C)(C)CCCCCOC)cc1. The number of benzene rings is 1. The van der Waals surface area contributed by atoms with E-state index in [1.165, 1.54) is 44.2 Å². The smallest absolute Gasteiger partial charge is 0.0806 e.